The van der Waals surface area contributed by atoms with Crippen LogP contribution >= 0.6 is 34.3 Å². The summed E-state index contributed by atoms with van der Waals surface area (Å²) in [6.07, 6.45) is 0.294. The van der Waals surface area contributed by atoms with Gasteiger partial charge >= 0.3 is 0 Å². The molecule has 0 saturated heterocycles. The molecule has 0 bridgehead atoms. The molecule has 1 atom stereocenters. The van der Waals surface area contributed by atoms with Crippen molar-refractivity contribution in [2.24, 2.45) is 0 Å². The van der Waals surface area contributed by atoms with Crippen molar-refractivity contribution in [3.63, 3.8) is 0 Å². The number of halogens is 1. The topological polar surface area (TPSA) is 54.9 Å². The third-order valence-corrected chi connectivity index (χ3v) is 5.19. The number of rotatable bonds is 5. The van der Waals surface area contributed by atoms with E-state index in [1.165, 1.54) is 11.3 Å². The maximum atomic E-state index is 12.0. The first-order chi connectivity index (χ1) is 9.49. The van der Waals surface area contributed by atoms with E-state index < -0.39 is 0 Å². The fraction of sp³-hybridized carbons (Fsp3) is 0.462. The molecule has 1 unspecified atom stereocenters. The molecular formula is C13H16ClN3OS2. The van der Waals surface area contributed by atoms with Crippen LogP contribution in [-0.4, -0.2) is 15.9 Å². The highest BCUT2D eigenvalue weighted by Gasteiger charge is 2.16. The van der Waals surface area contributed by atoms with Crippen LogP contribution in [0.2, 0.25) is 0 Å². The van der Waals surface area contributed by atoms with Gasteiger partial charge in [-0.3, -0.25) is 4.79 Å². The summed E-state index contributed by atoms with van der Waals surface area (Å²) in [6, 6.07) is -0.0267. The number of nitrogens with zero attached hydrogens (tertiary/aromatic N) is 2. The fourth-order valence-corrected chi connectivity index (χ4v) is 3.89. The van der Waals surface area contributed by atoms with E-state index in [1.54, 1.807) is 11.3 Å². The van der Waals surface area contributed by atoms with Gasteiger partial charge < -0.3 is 5.32 Å². The van der Waals surface area contributed by atoms with Crippen molar-refractivity contribution in [2.45, 2.75) is 39.1 Å². The molecule has 0 aromatic carbocycles. The van der Waals surface area contributed by atoms with Crippen molar-refractivity contribution in [1.82, 2.24) is 15.3 Å². The van der Waals surface area contributed by atoms with Gasteiger partial charge in [-0.1, -0.05) is 0 Å². The molecule has 0 aliphatic heterocycles. The van der Waals surface area contributed by atoms with E-state index in [2.05, 4.69) is 15.3 Å². The summed E-state index contributed by atoms with van der Waals surface area (Å²) in [5.74, 6) is 0.354. The number of amides is 1. The minimum absolute atomic E-state index is 0.0267. The molecular weight excluding hydrogens is 314 g/mol. The molecule has 1 amide bonds. The maximum Gasteiger partial charge on any atom is 0.227 e. The van der Waals surface area contributed by atoms with Crippen LogP contribution in [0.25, 0.3) is 0 Å². The van der Waals surface area contributed by atoms with E-state index in [0.29, 0.717) is 12.3 Å². The second kappa shape index (κ2) is 6.65. The first-order valence-corrected chi connectivity index (χ1v) is 8.45. The number of aryl methyl sites for hydroxylation is 2. The summed E-state index contributed by atoms with van der Waals surface area (Å²) in [5, 5.41) is 6.69. The number of hydrogen-bond donors (Lipinski definition) is 1. The molecule has 2 heterocycles. The van der Waals surface area contributed by atoms with Crippen molar-refractivity contribution in [3.05, 3.63) is 31.7 Å². The van der Waals surface area contributed by atoms with Gasteiger partial charge in [0, 0.05) is 10.3 Å². The summed E-state index contributed by atoms with van der Waals surface area (Å²) in [6.45, 7) is 5.91. The first-order valence-electron chi connectivity index (χ1n) is 6.22. The monoisotopic (exact) mass is 329 g/mol. The van der Waals surface area contributed by atoms with Crippen LogP contribution < -0.4 is 5.32 Å². The molecule has 0 aliphatic rings. The highest BCUT2D eigenvalue weighted by atomic mass is 35.5. The number of aromatic nitrogens is 2. The molecule has 108 valence electrons. The molecule has 0 radical (unpaired) electrons. The number of hydrogen-bond acceptors (Lipinski definition) is 5. The maximum absolute atomic E-state index is 12.0. The smallest absolute Gasteiger partial charge is 0.227 e. The molecule has 1 N–H and O–H groups in total. The Balaban J connectivity index is 1.95. The SMILES string of the molecule is Cc1nc(C)c(C(C)NC(=O)Cc2nc(CCl)cs2)s1. The molecule has 2 aromatic heterocycles. The highest BCUT2D eigenvalue weighted by Crippen LogP contribution is 2.24. The first kappa shape index (κ1) is 15.4. The summed E-state index contributed by atoms with van der Waals surface area (Å²) < 4.78 is 0. The van der Waals surface area contributed by atoms with Crippen molar-refractivity contribution in [2.75, 3.05) is 0 Å². The summed E-state index contributed by atoms with van der Waals surface area (Å²) >= 11 is 8.79. The standard InChI is InChI=1S/C13H16ClN3OS2/c1-7-13(20-9(3)15-7)8(2)16-11(18)4-12-17-10(5-14)6-19-12/h6,8H,4-5H2,1-3H3,(H,16,18). The molecule has 7 heteroatoms. The lowest BCUT2D eigenvalue weighted by Crippen LogP contribution is -2.28. The third kappa shape index (κ3) is 3.77. The summed E-state index contributed by atoms with van der Waals surface area (Å²) in [5.41, 5.74) is 1.81. The molecule has 4 nitrogen and oxygen atoms in total. The zero-order chi connectivity index (χ0) is 14.7. The van der Waals surface area contributed by atoms with Crippen molar-refractivity contribution in [1.29, 1.82) is 0 Å². The molecule has 2 aromatic rings. The fourth-order valence-electron chi connectivity index (χ4n) is 1.94. The van der Waals surface area contributed by atoms with Gasteiger partial charge in [-0.25, -0.2) is 9.97 Å². The van der Waals surface area contributed by atoms with Crippen molar-refractivity contribution >= 4 is 40.2 Å². The Bertz CT molecular complexity index is 609. The Labute approximate surface area is 131 Å². The molecule has 2 rings (SSSR count). The van der Waals surface area contributed by atoms with Crippen LogP contribution in [0.15, 0.2) is 5.38 Å². The molecule has 20 heavy (non-hydrogen) atoms. The van der Waals surface area contributed by atoms with Gasteiger partial charge in [-0.05, 0) is 20.8 Å². The van der Waals surface area contributed by atoms with Gasteiger partial charge in [-0.15, -0.1) is 34.3 Å². The Hall–Kier alpha value is -0.980. The normalized spacial score (nSPS) is 12.4. The Morgan fingerprint density at radius 2 is 2.20 bits per heavy atom. The molecule has 0 spiro atoms. The number of alkyl halides is 1. The van der Waals surface area contributed by atoms with Crippen LogP contribution in [0.3, 0.4) is 0 Å². The summed E-state index contributed by atoms with van der Waals surface area (Å²) in [7, 11) is 0. The molecule has 0 saturated carbocycles. The van der Waals surface area contributed by atoms with Gasteiger partial charge in [0.05, 0.1) is 34.7 Å². The molecule has 0 fully saturated rings. The van der Waals surface area contributed by atoms with E-state index in [-0.39, 0.29) is 11.9 Å². The number of carbonyl (C=O) groups is 1. The van der Waals surface area contributed by atoms with Crippen molar-refractivity contribution in [3.8, 4) is 0 Å². The Kier molecular flexibility index (Phi) is 5.12. The number of carbonyl (C=O) groups excluding carboxylic acids is 1. The predicted molar refractivity (Wildman–Crippen MR) is 83.5 cm³/mol. The van der Waals surface area contributed by atoms with E-state index in [0.717, 1.165) is 26.3 Å². The van der Waals surface area contributed by atoms with E-state index in [1.807, 2.05) is 26.2 Å². The van der Waals surface area contributed by atoms with Crippen LogP contribution in [0, 0.1) is 13.8 Å². The number of thiazole rings is 2. The van der Waals surface area contributed by atoms with Crippen LogP contribution in [0.1, 0.15) is 39.2 Å². The highest BCUT2D eigenvalue weighted by molar-refractivity contribution is 7.11. The average Bonchev–Trinajstić information content (AvgIpc) is 2.95. The number of nitrogens with one attached hydrogen (secondary N) is 1. The van der Waals surface area contributed by atoms with Gasteiger partial charge in [0.1, 0.15) is 5.01 Å². The largest absolute Gasteiger partial charge is 0.348 e. The molecule has 0 aliphatic carbocycles. The quantitative estimate of drug-likeness (QED) is 0.856. The zero-order valence-electron chi connectivity index (χ0n) is 11.6. The van der Waals surface area contributed by atoms with E-state index >= 15 is 0 Å². The van der Waals surface area contributed by atoms with Crippen molar-refractivity contribution < 1.29 is 4.79 Å². The lowest BCUT2D eigenvalue weighted by molar-refractivity contribution is -0.121. The van der Waals surface area contributed by atoms with Gasteiger partial charge in [0.2, 0.25) is 5.91 Å². The second-order valence-corrected chi connectivity index (χ2v) is 6.96. The van der Waals surface area contributed by atoms with Crippen LogP contribution in [0.5, 0.6) is 0 Å². The average molecular weight is 330 g/mol. The van der Waals surface area contributed by atoms with E-state index in [9.17, 15) is 4.79 Å². The van der Waals surface area contributed by atoms with E-state index in [4.69, 9.17) is 11.6 Å². The minimum atomic E-state index is -0.0292. The lowest BCUT2D eigenvalue weighted by atomic mass is 10.2. The zero-order valence-corrected chi connectivity index (χ0v) is 14.0. The predicted octanol–water partition coefficient (Wildman–Crippen LogP) is 3.38. The van der Waals surface area contributed by atoms with Crippen LogP contribution in [-0.2, 0) is 17.1 Å². The van der Waals surface area contributed by atoms with Crippen LogP contribution in [0.4, 0.5) is 0 Å². The summed E-state index contributed by atoms with van der Waals surface area (Å²) in [4.78, 5) is 21.8. The minimum Gasteiger partial charge on any atom is -0.348 e. The second-order valence-electron chi connectivity index (χ2n) is 4.51. The Morgan fingerprint density at radius 3 is 2.75 bits per heavy atom. The van der Waals surface area contributed by atoms with Gasteiger partial charge in [0.25, 0.3) is 0 Å². The van der Waals surface area contributed by atoms with Gasteiger partial charge in [-0.2, -0.15) is 0 Å². The van der Waals surface area contributed by atoms with Gasteiger partial charge in [0.15, 0.2) is 0 Å². The lowest BCUT2D eigenvalue weighted by Gasteiger charge is -2.12. The Morgan fingerprint density at radius 1 is 1.45 bits per heavy atom. The third-order valence-electron chi connectivity index (χ3n) is 2.76.